The third-order valence-corrected chi connectivity index (χ3v) is 3.13. The predicted molar refractivity (Wildman–Crippen MR) is 68.4 cm³/mol. The van der Waals surface area contributed by atoms with Crippen LogP contribution in [0.4, 0.5) is 13.2 Å². The Hall–Kier alpha value is -1.27. The maximum atomic E-state index is 12.0. The number of alkyl halides is 3. The highest BCUT2D eigenvalue weighted by Crippen LogP contribution is 2.22. The SMILES string of the molecule is FC(F)(F)Oc1ccc(CNCC2CCCCO2)cc1. The van der Waals surface area contributed by atoms with Gasteiger partial charge in [-0.05, 0) is 37.0 Å². The molecule has 1 atom stereocenters. The van der Waals surface area contributed by atoms with Crippen molar-refractivity contribution in [3.63, 3.8) is 0 Å². The van der Waals surface area contributed by atoms with E-state index in [2.05, 4.69) is 10.1 Å². The fourth-order valence-electron chi connectivity index (χ4n) is 2.15. The van der Waals surface area contributed by atoms with Crippen LogP contribution >= 0.6 is 0 Å². The Kier molecular flexibility index (Phi) is 5.25. The molecule has 3 nitrogen and oxygen atoms in total. The Bertz CT molecular complexity index is 400. The van der Waals surface area contributed by atoms with Crippen LogP contribution in [0.3, 0.4) is 0 Å². The van der Waals surface area contributed by atoms with E-state index >= 15 is 0 Å². The van der Waals surface area contributed by atoms with Gasteiger partial charge in [0.25, 0.3) is 0 Å². The van der Waals surface area contributed by atoms with Crippen molar-refractivity contribution in [1.29, 1.82) is 0 Å². The van der Waals surface area contributed by atoms with Gasteiger partial charge in [-0.1, -0.05) is 12.1 Å². The molecule has 1 aliphatic rings. The van der Waals surface area contributed by atoms with Crippen LogP contribution in [0.25, 0.3) is 0 Å². The van der Waals surface area contributed by atoms with Crippen molar-refractivity contribution in [2.24, 2.45) is 0 Å². The largest absolute Gasteiger partial charge is 0.573 e. The summed E-state index contributed by atoms with van der Waals surface area (Å²) in [7, 11) is 0. The summed E-state index contributed by atoms with van der Waals surface area (Å²) < 4.78 is 45.4. The second kappa shape index (κ2) is 6.95. The van der Waals surface area contributed by atoms with E-state index in [1.54, 1.807) is 12.1 Å². The first-order chi connectivity index (χ1) is 9.53. The zero-order valence-corrected chi connectivity index (χ0v) is 11.1. The molecule has 1 aliphatic heterocycles. The smallest absolute Gasteiger partial charge is 0.406 e. The van der Waals surface area contributed by atoms with Crippen LogP contribution in [-0.4, -0.2) is 25.6 Å². The van der Waals surface area contributed by atoms with Crippen molar-refractivity contribution >= 4 is 0 Å². The molecule has 0 amide bonds. The van der Waals surface area contributed by atoms with Gasteiger partial charge in [0.05, 0.1) is 6.10 Å². The van der Waals surface area contributed by atoms with Gasteiger partial charge in [0, 0.05) is 19.7 Å². The molecule has 112 valence electrons. The predicted octanol–water partition coefficient (Wildman–Crippen LogP) is 3.24. The molecule has 1 unspecified atom stereocenters. The lowest BCUT2D eigenvalue weighted by molar-refractivity contribution is -0.274. The molecule has 1 heterocycles. The van der Waals surface area contributed by atoms with Crippen LogP contribution in [0.5, 0.6) is 5.75 Å². The van der Waals surface area contributed by atoms with Crippen molar-refractivity contribution in [3.05, 3.63) is 29.8 Å². The van der Waals surface area contributed by atoms with E-state index in [0.29, 0.717) is 6.54 Å². The third kappa shape index (κ3) is 5.38. The second-order valence-corrected chi connectivity index (χ2v) is 4.81. The van der Waals surface area contributed by atoms with E-state index in [0.717, 1.165) is 31.6 Å². The Morgan fingerprint density at radius 2 is 1.95 bits per heavy atom. The minimum Gasteiger partial charge on any atom is -0.406 e. The fraction of sp³-hybridized carbons (Fsp3) is 0.571. The maximum Gasteiger partial charge on any atom is 0.573 e. The van der Waals surface area contributed by atoms with Crippen molar-refractivity contribution in [1.82, 2.24) is 5.32 Å². The molecular formula is C14H18F3NO2. The number of benzene rings is 1. The molecule has 1 saturated heterocycles. The molecule has 0 aromatic heterocycles. The van der Waals surface area contributed by atoms with Gasteiger partial charge in [0.2, 0.25) is 0 Å². The lowest BCUT2D eigenvalue weighted by Crippen LogP contribution is -2.31. The van der Waals surface area contributed by atoms with Gasteiger partial charge in [-0.3, -0.25) is 0 Å². The average Bonchev–Trinajstić information content (AvgIpc) is 2.40. The lowest BCUT2D eigenvalue weighted by atomic mass is 10.1. The molecule has 0 radical (unpaired) electrons. The number of hydrogen-bond acceptors (Lipinski definition) is 3. The van der Waals surface area contributed by atoms with Gasteiger partial charge in [-0.2, -0.15) is 0 Å². The summed E-state index contributed by atoms with van der Waals surface area (Å²) in [5.41, 5.74) is 0.912. The van der Waals surface area contributed by atoms with E-state index < -0.39 is 6.36 Å². The highest BCUT2D eigenvalue weighted by atomic mass is 19.4. The third-order valence-electron chi connectivity index (χ3n) is 3.13. The normalized spacial score (nSPS) is 19.9. The molecule has 1 aromatic carbocycles. The maximum absolute atomic E-state index is 12.0. The van der Waals surface area contributed by atoms with E-state index in [9.17, 15) is 13.2 Å². The first kappa shape index (κ1) is 15.1. The molecule has 1 N–H and O–H groups in total. The molecule has 0 saturated carbocycles. The quantitative estimate of drug-likeness (QED) is 0.902. The van der Waals surface area contributed by atoms with Crippen molar-refractivity contribution in [2.45, 2.75) is 38.3 Å². The van der Waals surface area contributed by atoms with Crippen molar-refractivity contribution < 1.29 is 22.6 Å². The van der Waals surface area contributed by atoms with Crippen molar-refractivity contribution in [2.75, 3.05) is 13.2 Å². The second-order valence-electron chi connectivity index (χ2n) is 4.81. The Labute approximate surface area is 116 Å². The fourth-order valence-corrected chi connectivity index (χ4v) is 2.15. The van der Waals surface area contributed by atoms with E-state index in [-0.39, 0.29) is 11.9 Å². The molecule has 1 aromatic rings. The number of hydrogen-bond donors (Lipinski definition) is 1. The minimum atomic E-state index is -4.64. The number of ether oxygens (including phenoxy) is 2. The van der Waals surface area contributed by atoms with Gasteiger partial charge < -0.3 is 14.8 Å². The number of halogens is 3. The standard InChI is InChI=1S/C14H18F3NO2/c15-14(16,17)20-12-6-4-11(5-7-12)9-18-10-13-3-1-2-8-19-13/h4-7,13,18H,1-3,8-10H2. The van der Waals surface area contributed by atoms with Gasteiger partial charge in [-0.25, -0.2) is 0 Å². The van der Waals surface area contributed by atoms with E-state index in [1.807, 2.05) is 0 Å². The van der Waals surface area contributed by atoms with Crippen LogP contribution in [0.1, 0.15) is 24.8 Å². The van der Waals surface area contributed by atoms with Crippen LogP contribution in [0.2, 0.25) is 0 Å². The monoisotopic (exact) mass is 289 g/mol. The summed E-state index contributed by atoms with van der Waals surface area (Å²) in [6, 6.07) is 5.88. The average molecular weight is 289 g/mol. The Balaban J connectivity index is 1.73. The van der Waals surface area contributed by atoms with Gasteiger partial charge in [-0.15, -0.1) is 13.2 Å². The van der Waals surface area contributed by atoms with Crippen molar-refractivity contribution in [3.8, 4) is 5.75 Å². The van der Waals surface area contributed by atoms with Gasteiger partial charge in [0.1, 0.15) is 5.75 Å². The molecule has 0 spiro atoms. The van der Waals surface area contributed by atoms with Gasteiger partial charge >= 0.3 is 6.36 Å². The van der Waals surface area contributed by atoms with Crippen LogP contribution in [0, 0.1) is 0 Å². The van der Waals surface area contributed by atoms with E-state index in [4.69, 9.17) is 4.74 Å². The number of rotatable bonds is 5. The lowest BCUT2D eigenvalue weighted by Gasteiger charge is -2.22. The molecule has 1 fully saturated rings. The molecule has 20 heavy (non-hydrogen) atoms. The zero-order valence-electron chi connectivity index (χ0n) is 11.1. The summed E-state index contributed by atoms with van der Waals surface area (Å²) in [5.74, 6) is -0.197. The highest BCUT2D eigenvalue weighted by molar-refractivity contribution is 5.27. The summed E-state index contributed by atoms with van der Waals surface area (Å²) in [6.45, 7) is 2.18. The van der Waals surface area contributed by atoms with Crippen LogP contribution < -0.4 is 10.1 Å². The number of nitrogens with one attached hydrogen (secondary N) is 1. The first-order valence-corrected chi connectivity index (χ1v) is 6.70. The highest BCUT2D eigenvalue weighted by Gasteiger charge is 2.30. The molecule has 0 bridgehead atoms. The first-order valence-electron chi connectivity index (χ1n) is 6.70. The summed E-state index contributed by atoms with van der Waals surface area (Å²) in [6.07, 6.45) is -1.02. The van der Waals surface area contributed by atoms with Gasteiger partial charge in [0.15, 0.2) is 0 Å². The summed E-state index contributed by atoms with van der Waals surface area (Å²) in [5, 5.41) is 3.25. The van der Waals surface area contributed by atoms with Crippen LogP contribution in [-0.2, 0) is 11.3 Å². The van der Waals surface area contributed by atoms with E-state index in [1.165, 1.54) is 18.6 Å². The Morgan fingerprint density at radius 3 is 2.55 bits per heavy atom. The zero-order chi connectivity index (χ0) is 14.4. The summed E-state index contributed by atoms with van der Waals surface area (Å²) in [4.78, 5) is 0. The molecule has 6 heteroatoms. The van der Waals surface area contributed by atoms with Crippen LogP contribution in [0.15, 0.2) is 24.3 Å². The topological polar surface area (TPSA) is 30.5 Å². The molecular weight excluding hydrogens is 271 g/mol. The minimum absolute atomic E-state index is 0.197. The Morgan fingerprint density at radius 1 is 1.20 bits per heavy atom. The molecule has 2 rings (SSSR count). The molecule has 0 aliphatic carbocycles. The summed E-state index contributed by atoms with van der Waals surface area (Å²) >= 11 is 0.